The van der Waals surface area contributed by atoms with Crippen LogP contribution in [0.1, 0.15) is 57.8 Å². The number of hydrogen-bond donors (Lipinski definition) is 2. The van der Waals surface area contributed by atoms with E-state index in [1.165, 1.54) is 32.1 Å². The molecule has 0 bridgehead atoms. The molecule has 0 aromatic carbocycles. The Morgan fingerprint density at radius 1 is 0.643 bits per heavy atom. The Hall–Kier alpha value is -0.0800. The van der Waals surface area contributed by atoms with Crippen molar-refractivity contribution in [2.75, 3.05) is 13.2 Å². The van der Waals surface area contributed by atoms with E-state index in [0.717, 1.165) is 25.7 Å². The fourth-order valence-electron chi connectivity index (χ4n) is 1.11. The van der Waals surface area contributed by atoms with Gasteiger partial charge in [0.1, 0.15) is 0 Å². The van der Waals surface area contributed by atoms with Crippen molar-refractivity contribution in [3.63, 3.8) is 0 Å². The highest BCUT2D eigenvalue weighted by Crippen LogP contribution is 2.12. The van der Waals surface area contributed by atoms with Crippen molar-refractivity contribution < 1.29 is 10.2 Å². The summed E-state index contributed by atoms with van der Waals surface area (Å²) in [4.78, 5) is 0. The van der Waals surface area contributed by atoms with Crippen LogP contribution < -0.4 is 0 Å². The summed E-state index contributed by atoms with van der Waals surface area (Å²) in [7, 11) is 0. The Balaban J connectivity index is 0.000000469. The summed E-state index contributed by atoms with van der Waals surface area (Å²) in [5, 5.41) is 16.9. The molecule has 14 heavy (non-hydrogen) atoms. The van der Waals surface area contributed by atoms with E-state index in [9.17, 15) is 0 Å². The van der Waals surface area contributed by atoms with Crippen LogP contribution in [-0.4, -0.2) is 23.4 Å². The normalized spacial score (nSPS) is 13.3. The van der Waals surface area contributed by atoms with Crippen LogP contribution in [0.5, 0.6) is 0 Å². The van der Waals surface area contributed by atoms with Crippen molar-refractivity contribution in [1.29, 1.82) is 0 Å². The number of hydrogen-bond acceptors (Lipinski definition) is 2. The van der Waals surface area contributed by atoms with E-state index in [4.69, 9.17) is 10.2 Å². The summed E-state index contributed by atoms with van der Waals surface area (Å²) in [6.45, 7) is 0.660. The van der Waals surface area contributed by atoms with E-state index in [1.807, 2.05) is 0 Å². The largest absolute Gasteiger partial charge is 0.396 e. The summed E-state index contributed by atoms with van der Waals surface area (Å²) in [5.41, 5.74) is 0. The minimum atomic E-state index is 0.330. The first-order valence-corrected chi connectivity index (χ1v) is 5.95. The molecule has 1 aliphatic carbocycles. The lowest BCUT2D eigenvalue weighted by Gasteiger charge is -1.98. The van der Waals surface area contributed by atoms with Crippen molar-refractivity contribution in [3.8, 4) is 0 Å². The maximum Gasteiger partial charge on any atom is 0.0431 e. The summed E-state index contributed by atoms with van der Waals surface area (Å²) in [6.07, 6.45) is 12.9. The fraction of sp³-hybridized carbons (Fsp3) is 0.917. The molecule has 0 amide bonds. The average Bonchev–Trinajstić information content (AvgIpc) is 3.03. The van der Waals surface area contributed by atoms with Gasteiger partial charge in [-0.2, -0.15) is 0 Å². The molecular weight excluding hydrogens is 176 g/mol. The van der Waals surface area contributed by atoms with Gasteiger partial charge in [0.25, 0.3) is 0 Å². The summed E-state index contributed by atoms with van der Waals surface area (Å²) < 4.78 is 0. The van der Waals surface area contributed by atoms with Gasteiger partial charge in [-0.05, 0) is 32.1 Å². The molecule has 1 aliphatic rings. The first kappa shape index (κ1) is 13.9. The van der Waals surface area contributed by atoms with E-state index >= 15 is 0 Å². The van der Waals surface area contributed by atoms with Crippen LogP contribution in [0.15, 0.2) is 0 Å². The van der Waals surface area contributed by atoms with E-state index in [2.05, 4.69) is 6.42 Å². The monoisotopic (exact) mass is 201 g/mol. The third-order valence-corrected chi connectivity index (χ3v) is 2.10. The summed E-state index contributed by atoms with van der Waals surface area (Å²) in [5.74, 6) is 0. The molecule has 2 N–H and O–H groups in total. The second-order valence-corrected chi connectivity index (χ2v) is 3.79. The maximum absolute atomic E-state index is 8.47. The molecule has 0 atom stereocenters. The Morgan fingerprint density at radius 3 is 1.14 bits per heavy atom. The van der Waals surface area contributed by atoms with Gasteiger partial charge in [0.05, 0.1) is 0 Å². The lowest BCUT2D eigenvalue weighted by atomic mass is 10.1. The Kier molecular flexibility index (Phi) is 12.8. The van der Waals surface area contributed by atoms with E-state index in [0.29, 0.717) is 13.2 Å². The van der Waals surface area contributed by atoms with Crippen LogP contribution in [0.4, 0.5) is 0 Å². The van der Waals surface area contributed by atoms with Crippen LogP contribution in [0.25, 0.3) is 0 Å². The van der Waals surface area contributed by atoms with Gasteiger partial charge in [-0.1, -0.05) is 32.1 Å². The molecule has 0 unspecified atom stereocenters. The Labute approximate surface area is 88.3 Å². The third-order valence-electron chi connectivity index (χ3n) is 2.10. The molecule has 1 fully saturated rings. The lowest BCUT2D eigenvalue weighted by molar-refractivity contribution is 0.278. The third kappa shape index (κ3) is 17.9. The van der Waals surface area contributed by atoms with Crippen LogP contribution in [0.2, 0.25) is 0 Å². The van der Waals surface area contributed by atoms with Gasteiger partial charge in [0.15, 0.2) is 0 Å². The number of rotatable bonds is 8. The van der Waals surface area contributed by atoms with E-state index < -0.39 is 0 Å². The molecule has 2 nitrogen and oxygen atoms in total. The minimum Gasteiger partial charge on any atom is -0.396 e. The molecular formula is C12H25O2. The van der Waals surface area contributed by atoms with Crippen LogP contribution in [-0.2, 0) is 0 Å². The van der Waals surface area contributed by atoms with Crippen LogP contribution in [0, 0.1) is 6.42 Å². The highest BCUT2D eigenvalue weighted by Gasteiger charge is 1.95. The van der Waals surface area contributed by atoms with Gasteiger partial charge in [0, 0.05) is 13.2 Å². The molecule has 1 saturated carbocycles. The van der Waals surface area contributed by atoms with E-state index in [-0.39, 0.29) is 0 Å². The SMILES string of the molecule is OCCCCCCCCCO.[CH]1CC1. The molecule has 1 radical (unpaired) electrons. The van der Waals surface area contributed by atoms with Crippen molar-refractivity contribution in [1.82, 2.24) is 0 Å². The van der Waals surface area contributed by atoms with Gasteiger partial charge in [-0.15, -0.1) is 0 Å². The molecule has 85 valence electrons. The predicted molar refractivity (Wildman–Crippen MR) is 60.0 cm³/mol. The smallest absolute Gasteiger partial charge is 0.0431 e. The quantitative estimate of drug-likeness (QED) is 0.593. The zero-order valence-electron chi connectivity index (χ0n) is 9.25. The predicted octanol–water partition coefficient (Wildman–Crippen LogP) is 2.69. The first-order valence-electron chi connectivity index (χ1n) is 5.95. The van der Waals surface area contributed by atoms with Crippen molar-refractivity contribution in [2.24, 2.45) is 0 Å². The highest BCUT2D eigenvalue weighted by atomic mass is 16.3. The lowest BCUT2D eigenvalue weighted by Crippen LogP contribution is -1.85. The molecule has 0 aromatic heterocycles. The molecule has 2 heteroatoms. The zero-order chi connectivity index (χ0) is 10.5. The van der Waals surface area contributed by atoms with Crippen LogP contribution >= 0.6 is 0 Å². The van der Waals surface area contributed by atoms with Crippen molar-refractivity contribution in [3.05, 3.63) is 6.42 Å². The van der Waals surface area contributed by atoms with Gasteiger partial charge < -0.3 is 10.2 Å². The first-order chi connectivity index (χ1) is 6.91. The molecule has 0 spiro atoms. The molecule has 0 saturated heterocycles. The number of aliphatic hydroxyl groups excluding tert-OH is 2. The van der Waals surface area contributed by atoms with Crippen LogP contribution in [0.3, 0.4) is 0 Å². The molecule has 0 aliphatic heterocycles. The van der Waals surface area contributed by atoms with Gasteiger partial charge in [0.2, 0.25) is 0 Å². The van der Waals surface area contributed by atoms with Gasteiger partial charge in [-0.25, -0.2) is 0 Å². The molecule has 0 heterocycles. The Bertz CT molecular complexity index is 81.6. The summed E-state index contributed by atoms with van der Waals surface area (Å²) >= 11 is 0. The standard InChI is InChI=1S/C9H20O2.C3H5/c10-8-6-4-2-1-3-5-7-9-11;1-2-3-1/h10-11H,1-9H2;1H,2-3H2. The topological polar surface area (TPSA) is 40.5 Å². The molecule has 0 aromatic rings. The zero-order valence-corrected chi connectivity index (χ0v) is 9.25. The van der Waals surface area contributed by atoms with E-state index in [1.54, 1.807) is 0 Å². The fourth-order valence-corrected chi connectivity index (χ4v) is 1.11. The van der Waals surface area contributed by atoms with Crippen molar-refractivity contribution >= 4 is 0 Å². The highest BCUT2D eigenvalue weighted by molar-refractivity contribution is 4.79. The maximum atomic E-state index is 8.47. The number of aliphatic hydroxyl groups is 2. The van der Waals surface area contributed by atoms with Crippen molar-refractivity contribution in [2.45, 2.75) is 57.8 Å². The second kappa shape index (κ2) is 12.9. The average molecular weight is 201 g/mol. The Morgan fingerprint density at radius 2 is 0.929 bits per heavy atom. The second-order valence-electron chi connectivity index (χ2n) is 3.79. The number of unbranched alkanes of at least 4 members (excludes halogenated alkanes) is 6. The van der Waals surface area contributed by atoms with Gasteiger partial charge in [-0.3, -0.25) is 0 Å². The molecule has 1 rings (SSSR count). The minimum absolute atomic E-state index is 0.330. The van der Waals surface area contributed by atoms with Gasteiger partial charge >= 0.3 is 0 Å². The summed E-state index contributed by atoms with van der Waals surface area (Å²) in [6, 6.07) is 0.